The summed E-state index contributed by atoms with van der Waals surface area (Å²) >= 11 is 0. The maximum atomic E-state index is 11.3. The number of carbonyl (C=O) groups is 3. The van der Waals surface area contributed by atoms with Crippen molar-refractivity contribution in [1.82, 2.24) is 0 Å². The maximum Gasteiger partial charge on any atom is 0.303 e. The number of hydrogen-bond acceptors (Lipinski definition) is 7. The molecule has 4 unspecified atom stereocenters. The highest BCUT2D eigenvalue weighted by Gasteiger charge is 2.46. The summed E-state index contributed by atoms with van der Waals surface area (Å²) in [4.78, 5) is 33.7. The van der Waals surface area contributed by atoms with E-state index in [0.29, 0.717) is 6.42 Å². The first kappa shape index (κ1) is 17.2. The summed E-state index contributed by atoms with van der Waals surface area (Å²) in [6.45, 7) is 7.37. The van der Waals surface area contributed by atoms with Crippen LogP contribution >= 0.6 is 0 Å². The molecule has 0 N–H and O–H groups in total. The fourth-order valence-corrected chi connectivity index (χ4v) is 2.18. The van der Waals surface area contributed by atoms with E-state index in [0.717, 1.165) is 0 Å². The van der Waals surface area contributed by atoms with Gasteiger partial charge in [0.1, 0.15) is 6.10 Å². The van der Waals surface area contributed by atoms with Gasteiger partial charge in [0.2, 0.25) is 0 Å². The molecule has 0 aromatic heterocycles. The first-order valence-corrected chi connectivity index (χ1v) is 6.59. The monoisotopic (exact) mass is 300 g/mol. The number of esters is 3. The lowest BCUT2D eigenvalue weighted by molar-refractivity contribution is -0.225. The van der Waals surface area contributed by atoms with Crippen LogP contribution in [0.3, 0.4) is 0 Å². The molecule has 7 nitrogen and oxygen atoms in total. The van der Waals surface area contributed by atoms with Gasteiger partial charge in [-0.2, -0.15) is 0 Å². The molecule has 0 aromatic rings. The fraction of sp³-hybridized carbons (Fsp3) is 0.643. The van der Waals surface area contributed by atoms with Crippen LogP contribution in [0.4, 0.5) is 0 Å². The maximum absolute atomic E-state index is 11.3. The molecule has 0 aliphatic carbocycles. The van der Waals surface area contributed by atoms with E-state index in [2.05, 4.69) is 6.58 Å². The number of carbonyl (C=O) groups excluding carboxylic acids is 3. The van der Waals surface area contributed by atoms with Crippen molar-refractivity contribution in [3.05, 3.63) is 12.7 Å². The van der Waals surface area contributed by atoms with Crippen molar-refractivity contribution in [2.75, 3.05) is 6.61 Å². The minimum absolute atomic E-state index is 0.0494. The molecule has 4 atom stereocenters. The van der Waals surface area contributed by atoms with Gasteiger partial charge in [-0.3, -0.25) is 14.4 Å². The van der Waals surface area contributed by atoms with E-state index in [9.17, 15) is 14.4 Å². The molecule has 1 heterocycles. The van der Waals surface area contributed by atoms with Gasteiger partial charge < -0.3 is 18.9 Å². The highest BCUT2D eigenvalue weighted by molar-refractivity contribution is 5.68. The van der Waals surface area contributed by atoms with Gasteiger partial charge in [0.25, 0.3) is 0 Å². The van der Waals surface area contributed by atoms with Crippen LogP contribution in [0.5, 0.6) is 0 Å². The van der Waals surface area contributed by atoms with Crippen LogP contribution in [0, 0.1) is 0 Å². The molecule has 0 amide bonds. The molecule has 1 fully saturated rings. The summed E-state index contributed by atoms with van der Waals surface area (Å²) < 4.78 is 21.0. The van der Waals surface area contributed by atoms with Gasteiger partial charge in [0.05, 0.1) is 6.61 Å². The standard InChI is InChI=1S/C14H20O7/c1-5-6-11-13(20-9(3)16)14(21-10(4)17)12(7-18-11)19-8(2)15/h5,11-14H,1,6-7H2,2-4H3. The zero-order valence-electron chi connectivity index (χ0n) is 12.4. The molecular formula is C14H20O7. The molecule has 0 spiro atoms. The first-order valence-electron chi connectivity index (χ1n) is 6.59. The summed E-state index contributed by atoms with van der Waals surface area (Å²) in [7, 11) is 0. The van der Waals surface area contributed by atoms with Gasteiger partial charge in [-0.15, -0.1) is 6.58 Å². The molecule has 1 saturated heterocycles. The Hall–Kier alpha value is -1.89. The first-order chi connectivity index (χ1) is 9.85. The molecule has 118 valence electrons. The zero-order valence-corrected chi connectivity index (χ0v) is 12.4. The highest BCUT2D eigenvalue weighted by atomic mass is 16.6. The van der Waals surface area contributed by atoms with Gasteiger partial charge in [0.15, 0.2) is 18.3 Å². The van der Waals surface area contributed by atoms with Gasteiger partial charge in [-0.1, -0.05) is 6.08 Å². The van der Waals surface area contributed by atoms with E-state index in [1.807, 2.05) is 0 Å². The molecule has 1 aliphatic heterocycles. The molecule has 1 aliphatic rings. The SMILES string of the molecule is C=CCC1OCC(OC(C)=O)C(OC(C)=O)C1OC(C)=O. The molecular weight excluding hydrogens is 280 g/mol. The average Bonchev–Trinajstić information content (AvgIpc) is 2.35. The third kappa shape index (κ3) is 5.18. The smallest absolute Gasteiger partial charge is 0.303 e. The van der Waals surface area contributed by atoms with E-state index in [-0.39, 0.29) is 6.61 Å². The Kier molecular flexibility index (Phi) is 6.36. The Balaban J connectivity index is 2.99. The predicted octanol–water partition coefficient (Wildman–Crippen LogP) is 0.756. The van der Waals surface area contributed by atoms with Crippen LogP contribution in [0.15, 0.2) is 12.7 Å². The van der Waals surface area contributed by atoms with Crippen LogP contribution in [-0.4, -0.2) is 48.9 Å². The molecule has 0 aromatic carbocycles. The van der Waals surface area contributed by atoms with Gasteiger partial charge in [-0.05, 0) is 6.42 Å². The Bertz CT molecular complexity index is 418. The Morgan fingerprint density at radius 3 is 2.05 bits per heavy atom. The Labute approximate surface area is 123 Å². The van der Waals surface area contributed by atoms with Crippen LogP contribution in [0.25, 0.3) is 0 Å². The summed E-state index contributed by atoms with van der Waals surface area (Å²) in [5, 5.41) is 0. The van der Waals surface area contributed by atoms with E-state index < -0.39 is 42.3 Å². The lowest BCUT2D eigenvalue weighted by Gasteiger charge is -2.40. The minimum Gasteiger partial charge on any atom is -0.456 e. The number of ether oxygens (including phenoxy) is 4. The molecule has 0 radical (unpaired) electrons. The van der Waals surface area contributed by atoms with Crippen LogP contribution < -0.4 is 0 Å². The normalized spacial score (nSPS) is 28.3. The average molecular weight is 300 g/mol. The largest absolute Gasteiger partial charge is 0.456 e. The summed E-state index contributed by atoms with van der Waals surface area (Å²) in [6, 6.07) is 0. The van der Waals surface area contributed by atoms with Gasteiger partial charge in [0, 0.05) is 20.8 Å². The van der Waals surface area contributed by atoms with Crippen molar-refractivity contribution in [2.45, 2.75) is 51.6 Å². The van der Waals surface area contributed by atoms with Gasteiger partial charge in [-0.25, -0.2) is 0 Å². The van der Waals surface area contributed by atoms with Crippen LogP contribution in [0.2, 0.25) is 0 Å². The quantitative estimate of drug-likeness (QED) is 0.420. The number of hydrogen-bond donors (Lipinski definition) is 0. The summed E-state index contributed by atoms with van der Waals surface area (Å²) in [5.74, 6) is -1.64. The Morgan fingerprint density at radius 2 is 1.57 bits per heavy atom. The van der Waals surface area contributed by atoms with Crippen LogP contribution in [0.1, 0.15) is 27.2 Å². The third-order valence-electron chi connectivity index (χ3n) is 2.85. The second kappa shape index (κ2) is 7.78. The lowest BCUT2D eigenvalue weighted by Crippen LogP contribution is -2.57. The van der Waals surface area contributed by atoms with Gasteiger partial charge >= 0.3 is 17.9 Å². The zero-order chi connectivity index (χ0) is 16.0. The van der Waals surface area contributed by atoms with E-state index in [1.54, 1.807) is 6.08 Å². The summed E-state index contributed by atoms with van der Waals surface area (Å²) in [5.41, 5.74) is 0. The number of rotatable bonds is 5. The Morgan fingerprint density at radius 1 is 1.05 bits per heavy atom. The van der Waals surface area contributed by atoms with Crippen LogP contribution in [-0.2, 0) is 33.3 Å². The predicted molar refractivity (Wildman–Crippen MR) is 71.2 cm³/mol. The van der Waals surface area contributed by atoms with E-state index in [1.165, 1.54) is 20.8 Å². The van der Waals surface area contributed by atoms with Crippen molar-refractivity contribution in [2.24, 2.45) is 0 Å². The third-order valence-corrected chi connectivity index (χ3v) is 2.85. The van der Waals surface area contributed by atoms with Crippen molar-refractivity contribution >= 4 is 17.9 Å². The molecule has 0 saturated carbocycles. The van der Waals surface area contributed by atoms with Crippen molar-refractivity contribution in [3.8, 4) is 0 Å². The molecule has 7 heteroatoms. The molecule has 21 heavy (non-hydrogen) atoms. The summed E-state index contributed by atoms with van der Waals surface area (Å²) in [6.07, 6.45) is -1.09. The lowest BCUT2D eigenvalue weighted by atomic mass is 9.97. The minimum atomic E-state index is -0.908. The molecule has 0 bridgehead atoms. The van der Waals surface area contributed by atoms with Crippen molar-refractivity contribution in [3.63, 3.8) is 0 Å². The molecule has 1 rings (SSSR count). The van der Waals surface area contributed by atoms with Crippen molar-refractivity contribution < 1.29 is 33.3 Å². The van der Waals surface area contributed by atoms with E-state index in [4.69, 9.17) is 18.9 Å². The van der Waals surface area contributed by atoms with Crippen molar-refractivity contribution in [1.29, 1.82) is 0 Å². The highest BCUT2D eigenvalue weighted by Crippen LogP contribution is 2.26. The second-order valence-electron chi connectivity index (χ2n) is 4.69. The topological polar surface area (TPSA) is 88.1 Å². The van der Waals surface area contributed by atoms with E-state index >= 15 is 0 Å². The fourth-order valence-electron chi connectivity index (χ4n) is 2.18. The second-order valence-corrected chi connectivity index (χ2v) is 4.69.